The molecule has 1 atom stereocenters. The van der Waals surface area contributed by atoms with Gasteiger partial charge in [-0.15, -0.1) is 11.3 Å². The van der Waals surface area contributed by atoms with Crippen LogP contribution in [0.3, 0.4) is 0 Å². The lowest BCUT2D eigenvalue weighted by atomic mass is 10.1. The molecular formula is C13H18N2OS. The van der Waals surface area contributed by atoms with Crippen molar-refractivity contribution < 1.29 is 4.79 Å². The maximum Gasteiger partial charge on any atom is 0.239 e. The number of nitrogens with zero attached hydrogens (tertiary/aromatic N) is 2. The number of rotatable bonds is 5. The third kappa shape index (κ3) is 3.57. The summed E-state index contributed by atoms with van der Waals surface area (Å²) < 4.78 is 0. The first-order chi connectivity index (χ1) is 8.10. The minimum atomic E-state index is -0.496. The minimum Gasteiger partial charge on any atom is -0.344 e. The fourth-order valence-electron chi connectivity index (χ4n) is 1.63. The number of likely N-dealkylation sites (N-methyl/N-ethyl adjacent to an activating group) is 1. The number of carbonyl (C=O) groups excluding carboxylic acids is 1. The SMILES string of the molecule is CCC(C#N)C(=O)N(C)CCc1sccc1C. The van der Waals surface area contributed by atoms with Gasteiger partial charge in [0.1, 0.15) is 5.92 Å². The van der Waals surface area contributed by atoms with Crippen LogP contribution >= 0.6 is 11.3 Å². The average molecular weight is 250 g/mol. The van der Waals surface area contributed by atoms with Crippen LogP contribution < -0.4 is 0 Å². The number of amides is 1. The Hall–Kier alpha value is -1.34. The van der Waals surface area contributed by atoms with E-state index in [1.807, 2.05) is 13.0 Å². The molecule has 0 spiro atoms. The molecule has 0 bridgehead atoms. The quantitative estimate of drug-likeness (QED) is 0.806. The zero-order chi connectivity index (χ0) is 12.8. The van der Waals surface area contributed by atoms with Crippen LogP contribution in [0, 0.1) is 24.2 Å². The molecule has 1 aromatic rings. The molecule has 3 nitrogen and oxygen atoms in total. The summed E-state index contributed by atoms with van der Waals surface area (Å²) in [5, 5.41) is 10.9. The predicted molar refractivity (Wildman–Crippen MR) is 69.8 cm³/mol. The van der Waals surface area contributed by atoms with E-state index in [9.17, 15) is 4.79 Å². The highest BCUT2D eigenvalue weighted by Crippen LogP contribution is 2.16. The Morgan fingerprint density at radius 2 is 2.35 bits per heavy atom. The van der Waals surface area contributed by atoms with Crippen molar-refractivity contribution in [1.29, 1.82) is 5.26 Å². The van der Waals surface area contributed by atoms with Crippen LogP contribution in [-0.2, 0) is 11.2 Å². The summed E-state index contributed by atoms with van der Waals surface area (Å²) in [7, 11) is 1.77. The molecule has 0 N–H and O–H groups in total. The normalized spacial score (nSPS) is 11.9. The van der Waals surface area contributed by atoms with E-state index in [4.69, 9.17) is 5.26 Å². The van der Waals surface area contributed by atoms with Gasteiger partial charge in [-0.1, -0.05) is 6.92 Å². The average Bonchev–Trinajstić information content (AvgIpc) is 2.73. The number of nitriles is 1. The van der Waals surface area contributed by atoms with Crippen LogP contribution in [0.1, 0.15) is 23.8 Å². The summed E-state index contributed by atoms with van der Waals surface area (Å²) >= 11 is 1.72. The molecule has 0 radical (unpaired) electrons. The van der Waals surface area contributed by atoms with E-state index in [1.54, 1.807) is 23.3 Å². The third-order valence-electron chi connectivity index (χ3n) is 2.88. The van der Waals surface area contributed by atoms with Gasteiger partial charge in [0.2, 0.25) is 5.91 Å². The van der Waals surface area contributed by atoms with Gasteiger partial charge < -0.3 is 4.90 Å². The summed E-state index contributed by atoms with van der Waals surface area (Å²) in [5.41, 5.74) is 1.28. The second-order valence-corrected chi connectivity index (χ2v) is 5.13. The maximum absolute atomic E-state index is 11.9. The van der Waals surface area contributed by atoms with E-state index < -0.39 is 5.92 Å². The number of carbonyl (C=O) groups is 1. The van der Waals surface area contributed by atoms with Gasteiger partial charge in [0, 0.05) is 18.5 Å². The van der Waals surface area contributed by atoms with Gasteiger partial charge in [-0.3, -0.25) is 4.79 Å². The van der Waals surface area contributed by atoms with Gasteiger partial charge in [-0.25, -0.2) is 0 Å². The van der Waals surface area contributed by atoms with Crippen LogP contribution in [-0.4, -0.2) is 24.4 Å². The Bertz CT molecular complexity index is 419. The molecule has 1 unspecified atom stereocenters. The van der Waals surface area contributed by atoms with Crippen molar-refractivity contribution in [3.8, 4) is 6.07 Å². The molecule has 17 heavy (non-hydrogen) atoms. The largest absolute Gasteiger partial charge is 0.344 e. The number of hydrogen-bond acceptors (Lipinski definition) is 3. The van der Waals surface area contributed by atoms with Crippen molar-refractivity contribution >= 4 is 17.2 Å². The van der Waals surface area contributed by atoms with E-state index in [0.717, 1.165) is 6.42 Å². The Balaban J connectivity index is 2.50. The second-order valence-electron chi connectivity index (χ2n) is 4.13. The van der Waals surface area contributed by atoms with Crippen molar-refractivity contribution in [3.05, 3.63) is 21.9 Å². The van der Waals surface area contributed by atoms with Crippen molar-refractivity contribution in [2.45, 2.75) is 26.7 Å². The van der Waals surface area contributed by atoms with Crippen LogP contribution in [0.4, 0.5) is 0 Å². The Kier molecular flexibility index (Phi) is 5.17. The summed E-state index contributed by atoms with van der Waals surface area (Å²) in [4.78, 5) is 14.8. The Morgan fingerprint density at radius 3 is 2.82 bits per heavy atom. The van der Waals surface area contributed by atoms with E-state index in [0.29, 0.717) is 13.0 Å². The van der Waals surface area contributed by atoms with Crippen molar-refractivity contribution in [3.63, 3.8) is 0 Å². The van der Waals surface area contributed by atoms with E-state index >= 15 is 0 Å². The molecule has 1 heterocycles. The minimum absolute atomic E-state index is 0.0655. The van der Waals surface area contributed by atoms with Crippen molar-refractivity contribution in [2.75, 3.05) is 13.6 Å². The molecule has 92 valence electrons. The standard InChI is InChI=1S/C13H18N2OS/c1-4-11(9-14)13(16)15(3)7-5-12-10(2)6-8-17-12/h6,8,11H,4-5,7H2,1-3H3. The summed E-state index contributed by atoms with van der Waals surface area (Å²) in [6.45, 7) is 4.62. The van der Waals surface area contributed by atoms with Gasteiger partial charge in [0.15, 0.2) is 0 Å². The molecule has 0 aliphatic rings. The summed E-state index contributed by atoms with van der Waals surface area (Å²) in [6.07, 6.45) is 1.45. The molecule has 0 aliphatic carbocycles. The fourth-order valence-corrected chi connectivity index (χ4v) is 2.53. The van der Waals surface area contributed by atoms with Gasteiger partial charge in [-0.05, 0) is 36.8 Å². The monoisotopic (exact) mass is 250 g/mol. The first-order valence-corrected chi connectivity index (χ1v) is 6.65. The van der Waals surface area contributed by atoms with Gasteiger partial charge >= 0.3 is 0 Å². The molecule has 1 aromatic heterocycles. The molecule has 0 aliphatic heterocycles. The van der Waals surface area contributed by atoms with Crippen LogP contribution in [0.25, 0.3) is 0 Å². The predicted octanol–water partition coefficient (Wildman–Crippen LogP) is 2.61. The highest BCUT2D eigenvalue weighted by Gasteiger charge is 2.19. The van der Waals surface area contributed by atoms with E-state index in [1.165, 1.54) is 10.4 Å². The van der Waals surface area contributed by atoms with Crippen LogP contribution in [0.15, 0.2) is 11.4 Å². The zero-order valence-electron chi connectivity index (χ0n) is 10.6. The van der Waals surface area contributed by atoms with Gasteiger partial charge in [0.25, 0.3) is 0 Å². The number of aryl methyl sites for hydroxylation is 1. The lowest BCUT2D eigenvalue weighted by Gasteiger charge is -2.19. The molecule has 4 heteroatoms. The first kappa shape index (κ1) is 13.7. The lowest BCUT2D eigenvalue weighted by molar-refractivity contribution is -0.132. The molecule has 0 saturated carbocycles. The van der Waals surface area contributed by atoms with E-state index in [-0.39, 0.29) is 5.91 Å². The molecule has 0 saturated heterocycles. The fraction of sp³-hybridized carbons (Fsp3) is 0.538. The smallest absolute Gasteiger partial charge is 0.239 e. The lowest BCUT2D eigenvalue weighted by Crippen LogP contribution is -2.33. The van der Waals surface area contributed by atoms with Crippen molar-refractivity contribution in [2.24, 2.45) is 5.92 Å². The molecular weight excluding hydrogens is 232 g/mol. The van der Waals surface area contributed by atoms with Crippen LogP contribution in [0.5, 0.6) is 0 Å². The summed E-state index contributed by atoms with van der Waals surface area (Å²) in [5.74, 6) is -0.561. The van der Waals surface area contributed by atoms with Gasteiger partial charge in [0.05, 0.1) is 6.07 Å². The van der Waals surface area contributed by atoms with Crippen molar-refractivity contribution in [1.82, 2.24) is 4.90 Å². The molecule has 1 amide bonds. The Morgan fingerprint density at radius 1 is 1.65 bits per heavy atom. The van der Waals surface area contributed by atoms with Crippen LogP contribution in [0.2, 0.25) is 0 Å². The number of hydrogen-bond donors (Lipinski definition) is 0. The molecule has 0 aromatic carbocycles. The topological polar surface area (TPSA) is 44.1 Å². The third-order valence-corrected chi connectivity index (χ3v) is 3.96. The Labute approximate surface area is 107 Å². The maximum atomic E-state index is 11.9. The van der Waals surface area contributed by atoms with E-state index in [2.05, 4.69) is 18.4 Å². The first-order valence-electron chi connectivity index (χ1n) is 5.77. The molecule has 1 rings (SSSR count). The highest BCUT2D eigenvalue weighted by molar-refractivity contribution is 7.10. The summed E-state index contributed by atoms with van der Waals surface area (Å²) in [6, 6.07) is 4.14. The highest BCUT2D eigenvalue weighted by atomic mass is 32.1. The van der Waals surface area contributed by atoms with Gasteiger partial charge in [-0.2, -0.15) is 5.26 Å². The molecule has 0 fully saturated rings. The second kappa shape index (κ2) is 6.41. The number of thiophene rings is 1. The zero-order valence-corrected chi connectivity index (χ0v) is 11.4.